The van der Waals surface area contributed by atoms with Gasteiger partial charge >= 0.3 is 5.97 Å². The highest BCUT2D eigenvalue weighted by molar-refractivity contribution is 5.80. The number of carboxylic acids is 1. The van der Waals surface area contributed by atoms with Crippen molar-refractivity contribution >= 4 is 5.97 Å². The lowest BCUT2D eigenvalue weighted by molar-refractivity contribution is -0.150. The first-order valence-electron chi connectivity index (χ1n) is 6.11. The summed E-state index contributed by atoms with van der Waals surface area (Å²) in [5.41, 5.74) is 1.07. The number of nitrogens with zero attached hydrogens (tertiary/aromatic N) is 1. The highest BCUT2D eigenvalue weighted by atomic mass is 16.4. The second-order valence-electron chi connectivity index (χ2n) is 4.89. The summed E-state index contributed by atoms with van der Waals surface area (Å²) in [6.45, 7) is 5.55. The summed E-state index contributed by atoms with van der Waals surface area (Å²) in [5.74, 6) is -0.756. The lowest BCUT2D eigenvalue weighted by Crippen LogP contribution is -2.48. The van der Waals surface area contributed by atoms with E-state index in [2.05, 4.69) is 4.90 Å². The van der Waals surface area contributed by atoms with Crippen molar-refractivity contribution in [2.24, 2.45) is 0 Å². The number of carboxylic acid groups (broad SMARTS) is 1. The Morgan fingerprint density at radius 2 is 1.88 bits per heavy atom. The minimum atomic E-state index is -0.887. The van der Waals surface area contributed by atoms with E-state index in [4.69, 9.17) is 0 Å². The Hall–Kier alpha value is -1.35. The molecule has 0 aliphatic carbocycles. The third-order valence-corrected chi connectivity index (χ3v) is 3.82. The van der Waals surface area contributed by atoms with Gasteiger partial charge in [-0.15, -0.1) is 0 Å². The van der Waals surface area contributed by atoms with Crippen LogP contribution in [0, 0.1) is 6.92 Å². The Labute approximate surface area is 102 Å². The van der Waals surface area contributed by atoms with Crippen molar-refractivity contribution in [3.63, 3.8) is 0 Å². The van der Waals surface area contributed by atoms with Crippen LogP contribution in [0.3, 0.4) is 0 Å². The quantitative estimate of drug-likeness (QED) is 0.871. The summed E-state index contributed by atoms with van der Waals surface area (Å²) in [7, 11) is 0. The van der Waals surface area contributed by atoms with Gasteiger partial charge in [-0.3, -0.25) is 4.90 Å². The fourth-order valence-electron chi connectivity index (χ4n) is 2.70. The van der Waals surface area contributed by atoms with E-state index in [0.717, 1.165) is 37.1 Å². The predicted octanol–water partition coefficient (Wildman–Crippen LogP) is 2.39. The number of likely N-dealkylation sites (tertiary alicyclic amines) is 1. The lowest BCUT2D eigenvalue weighted by Gasteiger charge is -2.36. The van der Waals surface area contributed by atoms with Gasteiger partial charge in [0.05, 0.1) is 0 Å². The molecule has 0 spiro atoms. The number of aliphatic carboxylic acids is 1. The molecule has 1 aromatic carbocycles. The molecule has 92 valence electrons. The minimum absolute atomic E-state index is 0.756. The van der Waals surface area contributed by atoms with Gasteiger partial charge in [0.25, 0.3) is 0 Å². The first kappa shape index (κ1) is 12.1. The topological polar surface area (TPSA) is 40.5 Å². The molecular weight excluding hydrogens is 214 g/mol. The Morgan fingerprint density at radius 1 is 1.29 bits per heavy atom. The van der Waals surface area contributed by atoms with E-state index < -0.39 is 11.5 Å². The van der Waals surface area contributed by atoms with Gasteiger partial charge in [-0.25, -0.2) is 4.79 Å². The second kappa shape index (κ2) is 4.49. The van der Waals surface area contributed by atoms with E-state index in [1.807, 2.05) is 38.1 Å². The number of aryl methyl sites for hydroxylation is 1. The molecule has 0 amide bonds. The third-order valence-electron chi connectivity index (χ3n) is 3.82. The van der Waals surface area contributed by atoms with Crippen molar-refractivity contribution in [3.8, 4) is 0 Å². The van der Waals surface area contributed by atoms with Crippen LogP contribution in [-0.2, 0) is 10.3 Å². The van der Waals surface area contributed by atoms with Crippen LogP contribution in [0.25, 0.3) is 0 Å². The fraction of sp³-hybridized carbons (Fsp3) is 0.500. The number of benzene rings is 1. The zero-order valence-corrected chi connectivity index (χ0v) is 10.4. The Morgan fingerprint density at radius 3 is 2.41 bits per heavy atom. The smallest absolute Gasteiger partial charge is 0.328 e. The maximum Gasteiger partial charge on any atom is 0.328 e. The molecular formula is C14H19NO2. The van der Waals surface area contributed by atoms with Crippen molar-refractivity contribution in [1.82, 2.24) is 4.90 Å². The molecule has 17 heavy (non-hydrogen) atoms. The largest absolute Gasteiger partial charge is 0.480 e. The Balaban J connectivity index is 2.47. The van der Waals surface area contributed by atoms with Crippen LogP contribution in [0.2, 0.25) is 0 Å². The zero-order chi connectivity index (χ0) is 12.5. The van der Waals surface area contributed by atoms with Crippen LogP contribution in [0.5, 0.6) is 0 Å². The van der Waals surface area contributed by atoms with Crippen molar-refractivity contribution in [1.29, 1.82) is 0 Å². The molecule has 1 N–H and O–H groups in total. The van der Waals surface area contributed by atoms with E-state index in [0.29, 0.717) is 0 Å². The summed E-state index contributed by atoms with van der Waals surface area (Å²) in [5, 5.41) is 9.63. The maximum atomic E-state index is 11.7. The highest BCUT2D eigenvalue weighted by Crippen LogP contribution is 2.33. The van der Waals surface area contributed by atoms with E-state index in [1.165, 1.54) is 0 Å². The number of carbonyl (C=O) groups is 1. The van der Waals surface area contributed by atoms with Crippen LogP contribution in [0.15, 0.2) is 24.3 Å². The summed E-state index contributed by atoms with van der Waals surface area (Å²) in [6, 6.07) is 7.78. The normalized spacial score (nSPS) is 20.1. The van der Waals surface area contributed by atoms with Crippen molar-refractivity contribution in [3.05, 3.63) is 35.4 Å². The molecule has 1 aliphatic heterocycles. The molecule has 1 atom stereocenters. The molecule has 0 bridgehead atoms. The summed E-state index contributed by atoms with van der Waals surface area (Å²) in [4.78, 5) is 13.8. The first-order valence-corrected chi connectivity index (χ1v) is 6.11. The van der Waals surface area contributed by atoms with Gasteiger partial charge in [0.15, 0.2) is 0 Å². The monoisotopic (exact) mass is 233 g/mol. The predicted molar refractivity (Wildman–Crippen MR) is 67.0 cm³/mol. The van der Waals surface area contributed by atoms with E-state index in [-0.39, 0.29) is 0 Å². The molecule has 0 radical (unpaired) electrons. The number of rotatable bonds is 3. The highest BCUT2D eigenvalue weighted by Gasteiger charge is 2.43. The summed E-state index contributed by atoms with van der Waals surface area (Å²) < 4.78 is 0. The van der Waals surface area contributed by atoms with E-state index in [9.17, 15) is 9.90 Å². The van der Waals surface area contributed by atoms with Crippen molar-refractivity contribution in [2.45, 2.75) is 32.2 Å². The molecule has 0 aromatic heterocycles. The number of hydrogen-bond donors (Lipinski definition) is 1. The average Bonchev–Trinajstić information content (AvgIpc) is 2.82. The van der Waals surface area contributed by atoms with Gasteiger partial charge in [0, 0.05) is 0 Å². The standard InChI is InChI=1S/C14H19NO2/c1-11-7-3-4-8-12(11)14(2,13(16)17)15-9-5-6-10-15/h3-4,7-8H,5-6,9-10H2,1-2H3,(H,16,17). The Bertz CT molecular complexity index is 424. The molecule has 0 saturated carbocycles. The summed E-state index contributed by atoms with van der Waals surface area (Å²) in [6.07, 6.45) is 2.18. The summed E-state index contributed by atoms with van der Waals surface area (Å²) >= 11 is 0. The van der Waals surface area contributed by atoms with E-state index in [1.54, 1.807) is 0 Å². The van der Waals surface area contributed by atoms with Gasteiger partial charge in [0.2, 0.25) is 0 Å². The van der Waals surface area contributed by atoms with Gasteiger partial charge < -0.3 is 5.11 Å². The van der Waals surface area contributed by atoms with Crippen LogP contribution in [-0.4, -0.2) is 29.1 Å². The van der Waals surface area contributed by atoms with Crippen LogP contribution in [0.1, 0.15) is 30.9 Å². The molecule has 1 saturated heterocycles. The molecule has 1 aliphatic rings. The molecule has 2 rings (SSSR count). The van der Waals surface area contributed by atoms with Crippen LogP contribution < -0.4 is 0 Å². The van der Waals surface area contributed by atoms with Gasteiger partial charge in [-0.05, 0) is 50.9 Å². The second-order valence-corrected chi connectivity index (χ2v) is 4.89. The van der Waals surface area contributed by atoms with Gasteiger partial charge in [0.1, 0.15) is 5.54 Å². The molecule has 1 heterocycles. The van der Waals surface area contributed by atoms with Crippen molar-refractivity contribution < 1.29 is 9.90 Å². The Kier molecular flexibility index (Phi) is 3.20. The lowest BCUT2D eigenvalue weighted by atomic mass is 9.87. The minimum Gasteiger partial charge on any atom is -0.480 e. The third kappa shape index (κ3) is 1.95. The SMILES string of the molecule is Cc1ccccc1C(C)(C(=O)O)N1CCCC1. The van der Waals surface area contributed by atoms with E-state index >= 15 is 0 Å². The van der Waals surface area contributed by atoms with Crippen molar-refractivity contribution in [2.75, 3.05) is 13.1 Å². The van der Waals surface area contributed by atoms with Crippen LogP contribution >= 0.6 is 0 Å². The maximum absolute atomic E-state index is 11.7. The fourth-order valence-corrected chi connectivity index (χ4v) is 2.70. The molecule has 3 nitrogen and oxygen atoms in total. The molecule has 1 unspecified atom stereocenters. The molecule has 1 aromatic rings. The zero-order valence-electron chi connectivity index (χ0n) is 10.4. The van der Waals surface area contributed by atoms with Crippen LogP contribution in [0.4, 0.5) is 0 Å². The van der Waals surface area contributed by atoms with Gasteiger partial charge in [-0.1, -0.05) is 24.3 Å². The molecule has 1 fully saturated rings. The number of hydrogen-bond acceptors (Lipinski definition) is 2. The first-order chi connectivity index (χ1) is 8.06. The molecule has 3 heteroatoms. The average molecular weight is 233 g/mol. The van der Waals surface area contributed by atoms with Gasteiger partial charge in [-0.2, -0.15) is 0 Å².